The van der Waals surface area contributed by atoms with Crippen LogP contribution in [-0.4, -0.2) is 101 Å². The number of hydrogen-bond donors (Lipinski definition) is 5. The fourth-order valence-electron chi connectivity index (χ4n) is 3.24. The predicted molar refractivity (Wildman–Crippen MR) is 102 cm³/mol. The van der Waals surface area contributed by atoms with Crippen molar-refractivity contribution in [3.05, 3.63) is 24.3 Å². The van der Waals surface area contributed by atoms with Crippen LogP contribution in [0, 0.1) is 5.92 Å². The summed E-state index contributed by atoms with van der Waals surface area (Å²) in [6.45, 7) is -0.924. The molecular formula is C19H28N2O8. The highest BCUT2D eigenvalue weighted by molar-refractivity contribution is 6.00. The average Bonchev–Trinajstić information content (AvgIpc) is 3.12. The van der Waals surface area contributed by atoms with Gasteiger partial charge in [0, 0.05) is 32.2 Å². The van der Waals surface area contributed by atoms with E-state index in [1.165, 1.54) is 24.0 Å². The molecule has 10 nitrogen and oxygen atoms in total. The topological polar surface area (TPSA) is 151 Å². The number of carbonyl (C=O) groups is 2. The van der Waals surface area contributed by atoms with Crippen LogP contribution < -0.4 is 9.64 Å². The van der Waals surface area contributed by atoms with E-state index in [9.17, 15) is 30.0 Å². The van der Waals surface area contributed by atoms with Crippen LogP contribution in [0.3, 0.4) is 0 Å². The number of carbonyl (C=O) groups excluding carboxylic acids is 2. The molecule has 1 fully saturated rings. The Balaban J connectivity index is 1.96. The summed E-state index contributed by atoms with van der Waals surface area (Å²) in [6, 6.07) is 6.88. The minimum atomic E-state index is -1.77. The lowest BCUT2D eigenvalue weighted by atomic mass is 10.0. The van der Waals surface area contributed by atoms with Gasteiger partial charge in [0.15, 0.2) is 0 Å². The molecule has 1 aliphatic rings. The molecule has 1 heterocycles. The maximum atomic E-state index is 12.7. The standard InChI is InChI=1S/C19H28N2O8/c1-20(9-14(23)17(26)18(27)15(24)10-22)19(28)11-7-16(25)21(8-11)12-3-5-13(29-2)6-4-12/h3-6,11,14-15,17-18,22-24,26-27H,7-10H2,1-2H3. The van der Waals surface area contributed by atoms with Crippen LogP contribution in [0.1, 0.15) is 6.42 Å². The molecule has 29 heavy (non-hydrogen) atoms. The van der Waals surface area contributed by atoms with Crippen molar-refractivity contribution in [1.29, 1.82) is 0 Å². The molecule has 0 radical (unpaired) electrons. The molecule has 0 aromatic heterocycles. The first-order valence-corrected chi connectivity index (χ1v) is 9.22. The van der Waals surface area contributed by atoms with Gasteiger partial charge in [-0.15, -0.1) is 0 Å². The van der Waals surface area contributed by atoms with Gasteiger partial charge in [-0.05, 0) is 24.3 Å². The summed E-state index contributed by atoms with van der Waals surface area (Å²) >= 11 is 0. The van der Waals surface area contributed by atoms with Gasteiger partial charge in [-0.25, -0.2) is 0 Å². The van der Waals surface area contributed by atoms with Gasteiger partial charge in [0.25, 0.3) is 0 Å². The highest BCUT2D eigenvalue weighted by atomic mass is 16.5. The summed E-state index contributed by atoms with van der Waals surface area (Å²) in [4.78, 5) is 27.7. The second-order valence-corrected chi connectivity index (χ2v) is 7.12. The Bertz CT molecular complexity index is 698. The highest BCUT2D eigenvalue weighted by Crippen LogP contribution is 2.27. The first kappa shape index (κ1) is 23.0. The van der Waals surface area contributed by atoms with E-state index in [4.69, 9.17) is 9.84 Å². The van der Waals surface area contributed by atoms with Gasteiger partial charge in [0.2, 0.25) is 11.8 Å². The van der Waals surface area contributed by atoms with E-state index in [2.05, 4.69) is 0 Å². The van der Waals surface area contributed by atoms with E-state index in [1.807, 2.05) is 0 Å². The second kappa shape index (κ2) is 9.99. The first-order chi connectivity index (χ1) is 13.7. The highest BCUT2D eigenvalue weighted by Gasteiger charge is 2.38. The Labute approximate surface area is 168 Å². The van der Waals surface area contributed by atoms with Gasteiger partial charge in [0.05, 0.1) is 19.6 Å². The van der Waals surface area contributed by atoms with E-state index in [-0.39, 0.29) is 25.4 Å². The number of likely N-dealkylation sites (N-methyl/N-ethyl adjacent to an activating group) is 1. The van der Waals surface area contributed by atoms with Crippen molar-refractivity contribution in [2.75, 3.05) is 38.8 Å². The van der Waals surface area contributed by atoms with Crippen molar-refractivity contribution in [2.24, 2.45) is 5.92 Å². The van der Waals surface area contributed by atoms with Crippen molar-refractivity contribution in [2.45, 2.75) is 30.8 Å². The van der Waals surface area contributed by atoms with Crippen LogP contribution in [0.15, 0.2) is 24.3 Å². The van der Waals surface area contributed by atoms with Crippen LogP contribution >= 0.6 is 0 Å². The van der Waals surface area contributed by atoms with Crippen LogP contribution in [0.2, 0.25) is 0 Å². The zero-order valence-electron chi connectivity index (χ0n) is 16.4. The number of anilines is 1. The SMILES string of the molecule is COc1ccc(N2CC(C(=O)N(C)CC(O)C(O)C(O)C(O)CO)CC2=O)cc1. The number of nitrogens with zero attached hydrogens (tertiary/aromatic N) is 2. The second-order valence-electron chi connectivity index (χ2n) is 7.12. The smallest absolute Gasteiger partial charge is 0.227 e. The lowest BCUT2D eigenvalue weighted by molar-refractivity contribution is -0.141. The summed E-state index contributed by atoms with van der Waals surface area (Å²) in [5, 5.41) is 47.8. The fourth-order valence-corrected chi connectivity index (χ4v) is 3.24. The molecule has 0 saturated carbocycles. The molecule has 162 valence electrons. The number of ether oxygens (including phenoxy) is 1. The Morgan fingerprint density at radius 3 is 2.31 bits per heavy atom. The van der Waals surface area contributed by atoms with E-state index in [1.54, 1.807) is 24.3 Å². The molecule has 1 saturated heterocycles. The first-order valence-electron chi connectivity index (χ1n) is 9.22. The van der Waals surface area contributed by atoms with Crippen LogP contribution in [0.5, 0.6) is 5.75 Å². The summed E-state index contributed by atoms with van der Waals surface area (Å²) in [6.07, 6.45) is -6.67. The number of methoxy groups -OCH3 is 1. The van der Waals surface area contributed by atoms with E-state index in [0.717, 1.165) is 0 Å². The molecule has 1 aromatic carbocycles. The number of aliphatic hydroxyl groups excluding tert-OH is 5. The van der Waals surface area contributed by atoms with Crippen molar-refractivity contribution in [1.82, 2.24) is 4.90 Å². The van der Waals surface area contributed by atoms with Crippen molar-refractivity contribution in [3.63, 3.8) is 0 Å². The third kappa shape index (κ3) is 5.43. The predicted octanol–water partition coefficient (Wildman–Crippen LogP) is -2.06. The molecular weight excluding hydrogens is 384 g/mol. The Morgan fingerprint density at radius 1 is 1.17 bits per heavy atom. The molecule has 2 rings (SSSR count). The van der Waals surface area contributed by atoms with Crippen LogP contribution in [-0.2, 0) is 9.59 Å². The zero-order valence-corrected chi connectivity index (χ0v) is 16.4. The fraction of sp³-hybridized carbons (Fsp3) is 0.579. The number of aliphatic hydroxyl groups is 5. The molecule has 1 aromatic rings. The summed E-state index contributed by atoms with van der Waals surface area (Å²) in [5.74, 6) is -0.567. The maximum Gasteiger partial charge on any atom is 0.227 e. The van der Waals surface area contributed by atoms with Gasteiger partial charge in [-0.3, -0.25) is 9.59 Å². The Morgan fingerprint density at radius 2 is 1.76 bits per heavy atom. The zero-order chi connectivity index (χ0) is 21.7. The largest absolute Gasteiger partial charge is 0.497 e. The van der Waals surface area contributed by atoms with E-state index in [0.29, 0.717) is 11.4 Å². The molecule has 2 amide bonds. The van der Waals surface area contributed by atoms with Crippen molar-refractivity contribution in [3.8, 4) is 5.75 Å². The summed E-state index contributed by atoms with van der Waals surface area (Å²) in [7, 11) is 2.95. The van der Waals surface area contributed by atoms with E-state index >= 15 is 0 Å². The minimum Gasteiger partial charge on any atom is -0.497 e. The normalized spacial score (nSPS) is 20.9. The average molecular weight is 412 g/mol. The maximum absolute atomic E-state index is 12.7. The quantitative estimate of drug-likeness (QED) is 0.311. The number of rotatable bonds is 9. The molecule has 0 aliphatic carbocycles. The monoisotopic (exact) mass is 412 g/mol. The molecule has 10 heteroatoms. The molecule has 5 atom stereocenters. The number of benzene rings is 1. The minimum absolute atomic E-state index is 0.0136. The van der Waals surface area contributed by atoms with Gasteiger partial charge in [0.1, 0.15) is 30.2 Å². The summed E-state index contributed by atoms with van der Waals surface area (Å²) < 4.78 is 5.09. The Hall–Kier alpha value is -2.24. The molecule has 0 spiro atoms. The van der Waals surface area contributed by atoms with Crippen LogP contribution in [0.4, 0.5) is 5.69 Å². The van der Waals surface area contributed by atoms with Crippen LogP contribution in [0.25, 0.3) is 0 Å². The molecule has 5 N–H and O–H groups in total. The van der Waals surface area contributed by atoms with Crippen molar-refractivity contribution >= 4 is 17.5 Å². The third-order valence-corrected chi connectivity index (χ3v) is 5.02. The Kier molecular flexibility index (Phi) is 7.94. The number of amides is 2. The van der Waals surface area contributed by atoms with Gasteiger partial charge >= 0.3 is 0 Å². The lowest BCUT2D eigenvalue weighted by Crippen LogP contribution is -2.50. The van der Waals surface area contributed by atoms with Gasteiger partial charge < -0.3 is 40.1 Å². The van der Waals surface area contributed by atoms with Gasteiger partial charge in [-0.1, -0.05) is 0 Å². The molecule has 1 aliphatic heterocycles. The lowest BCUT2D eigenvalue weighted by Gasteiger charge is -2.29. The van der Waals surface area contributed by atoms with Gasteiger partial charge in [-0.2, -0.15) is 0 Å². The van der Waals surface area contributed by atoms with E-state index < -0.39 is 42.8 Å². The summed E-state index contributed by atoms with van der Waals surface area (Å²) in [5.41, 5.74) is 0.644. The van der Waals surface area contributed by atoms with Crippen molar-refractivity contribution < 1.29 is 39.9 Å². The molecule has 5 unspecified atom stereocenters. The third-order valence-electron chi connectivity index (χ3n) is 5.02. The number of hydrogen-bond acceptors (Lipinski definition) is 8. The molecule has 0 bridgehead atoms.